The van der Waals surface area contributed by atoms with Crippen molar-refractivity contribution in [2.45, 2.75) is 25.1 Å². The number of nitrogens with one attached hydrogen (secondary N) is 2. The Morgan fingerprint density at radius 3 is 3.27 bits per heavy atom. The second-order valence-electron chi connectivity index (χ2n) is 3.55. The lowest BCUT2D eigenvalue weighted by Gasteiger charge is -2.09. The molecule has 0 saturated carbocycles. The molecule has 0 aliphatic carbocycles. The van der Waals surface area contributed by atoms with Crippen molar-refractivity contribution in [3.63, 3.8) is 0 Å². The van der Waals surface area contributed by atoms with Crippen LogP contribution >= 0.6 is 0 Å². The van der Waals surface area contributed by atoms with Gasteiger partial charge < -0.3 is 20.3 Å². The molecule has 0 spiro atoms. The quantitative estimate of drug-likeness (QED) is 0.597. The van der Waals surface area contributed by atoms with E-state index in [1.54, 1.807) is 6.07 Å². The molecule has 1 aliphatic heterocycles. The second-order valence-corrected chi connectivity index (χ2v) is 3.55. The van der Waals surface area contributed by atoms with Crippen LogP contribution in [0.25, 0.3) is 0 Å². The van der Waals surface area contributed by atoms with Crippen molar-refractivity contribution in [3.8, 4) is 0 Å². The van der Waals surface area contributed by atoms with E-state index in [-0.39, 0.29) is 11.9 Å². The van der Waals surface area contributed by atoms with E-state index in [1.807, 2.05) is 0 Å². The SMILES string of the molecule is O=C(NCc1ccno1)C1CC(O)CN1. The molecule has 1 aromatic heterocycles. The van der Waals surface area contributed by atoms with Crippen LogP contribution in [0, 0.1) is 0 Å². The van der Waals surface area contributed by atoms with E-state index in [1.165, 1.54) is 6.20 Å². The van der Waals surface area contributed by atoms with Gasteiger partial charge in [-0.05, 0) is 6.42 Å². The fraction of sp³-hybridized carbons (Fsp3) is 0.556. The molecule has 2 unspecified atom stereocenters. The number of nitrogens with zero attached hydrogens (tertiary/aromatic N) is 1. The predicted molar refractivity (Wildman–Crippen MR) is 50.8 cm³/mol. The molecule has 1 aliphatic rings. The van der Waals surface area contributed by atoms with E-state index in [2.05, 4.69) is 15.8 Å². The predicted octanol–water partition coefficient (Wildman–Crippen LogP) is -0.986. The molecule has 3 N–H and O–H groups in total. The molecule has 0 bridgehead atoms. The van der Waals surface area contributed by atoms with Gasteiger partial charge in [0, 0.05) is 12.6 Å². The van der Waals surface area contributed by atoms with E-state index in [0.29, 0.717) is 25.3 Å². The van der Waals surface area contributed by atoms with E-state index in [9.17, 15) is 9.90 Å². The van der Waals surface area contributed by atoms with Crippen molar-refractivity contribution in [2.24, 2.45) is 0 Å². The lowest BCUT2D eigenvalue weighted by atomic mass is 10.2. The zero-order valence-corrected chi connectivity index (χ0v) is 8.14. The minimum atomic E-state index is -0.425. The molecule has 1 aromatic rings. The zero-order chi connectivity index (χ0) is 10.7. The highest BCUT2D eigenvalue weighted by atomic mass is 16.5. The standard InChI is InChI=1S/C9H13N3O3/c13-6-3-8(10-4-6)9(14)11-5-7-1-2-12-15-7/h1-2,6,8,10,13H,3-5H2,(H,11,14). The first kappa shape index (κ1) is 10.1. The molecule has 2 rings (SSSR count). The van der Waals surface area contributed by atoms with Gasteiger partial charge in [-0.1, -0.05) is 5.16 Å². The maximum Gasteiger partial charge on any atom is 0.237 e. The summed E-state index contributed by atoms with van der Waals surface area (Å²) in [6.45, 7) is 0.799. The summed E-state index contributed by atoms with van der Waals surface area (Å²) in [4.78, 5) is 11.5. The first-order chi connectivity index (χ1) is 7.25. The Morgan fingerprint density at radius 2 is 2.67 bits per heavy atom. The van der Waals surface area contributed by atoms with E-state index >= 15 is 0 Å². The topological polar surface area (TPSA) is 87.4 Å². The maximum atomic E-state index is 11.5. The van der Waals surface area contributed by atoms with Gasteiger partial charge in [0.2, 0.25) is 5.91 Å². The number of carbonyl (C=O) groups excluding carboxylic acids is 1. The number of amides is 1. The van der Waals surface area contributed by atoms with E-state index in [4.69, 9.17) is 4.52 Å². The van der Waals surface area contributed by atoms with Gasteiger partial charge in [0.1, 0.15) is 0 Å². The summed E-state index contributed by atoms with van der Waals surface area (Å²) in [5, 5.41) is 18.4. The summed E-state index contributed by atoms with van der Waals surface area (Å²) in [6, 6.07) is 1.39. The normalized spacial score (nSPS) is 25.4. The summed E-state index contributed by atoms with van der Waals surface area (Å²) in [7, 11) is 0. The largest absolute Gasteiger partial charge is 0.392 e. The number of aromatic nitrogens is 1. The third-order valence-corrected chi connectivity index (χ3v) is 2.35. The summed E-state index contributed by atoms with van der Waals surface area (Å²) in [5.41, 5.74) is 0. The van der Waals surface area contributed by atoms with Crippen molar-refractivity contribution >= 4 is 5.91 Å². The van der Waals surface area contributed by atoms with Crippen LogP contribution in [-0.2, 0) is 11.3 Å². The third-order valence-electron chi connectivity index (χ3n) is 2.35. The summed E-state index contributed by atoms with van der Waals surface area (Å²) in [6.07, 6.45) is 1.56. The molecule has 6 nitrogen and oxygen atoms in total. The number of aliphatic hydroxyl groups excluding tert-OH is 1. The molecule has 1 fully saturated rings. The van der Waals surface area contributed by atoms with Crippen LogP contribution in [0.4, 0.5) is 0 Å². The van der Waals surface area contributed by atoms with Crippen LogP contribution in [0.3, 0.4) is 0 Å². The van der Waals surface area contributed by atoms with Crippen molar-refractivity contribution in [1.29, 1.82) is 0 Å². The van der Waals surface area contributed by atoms with Crippen molar-refractivity contribution in [3.05, 3.63) is 18.0 Å². The minimum Gasteiger partial charge on any atom is -0.392 e. The number of β-amino-alcohol motifs (C(OH)–C–C–N with tert-alkyl or cyclic N) is 1. The molecule has 82 valence electrons. The molecular weight excluding hydrogens is 198 g/mol. The fourth-order valence-electron chi connectivity index (χ4n) is 1.55. The molecule has 2 atom stereocenters. The van der Waals surface area contributed by atoms with Crippen LogP contribution in [0.2, 0.25) is 0 Å². The zero-order valence-electron chi connectivity index (χ0n) is 8.14. The fourth-order valence-corrected chi connectivity index (χ4v) is 1.55. The lowest BCUT2D eigenvalue weighted by molar-refractivity contribution is -0.123. The average Bonchev–Trinajstić information content (AvgIpc) is 2.84. The monoisotopic (exact) mass is 211 g/mol. The number of hydrogen-bond acceptors (Lipinski definition) is 5. The lowest BCUT2D eigenvalue weighted by Crippen LogP contribution is -2.39. The second kappa shape index (κ2) is 4.41. The van der Waals surface area contributed by atoms with Gasteiger partial charge in [-0.3, -0.25) is 4.79 Å². The Labute approximate surface area is 86.6 Å². The summed E-state index contributed by atoms with van der Waals surface area (Å²) in [5.74, 6) is 0.491. The Bertz CT molecular complexity index is 325. The highest BCUT2D eigenvalue weighted by molar-refractivity contribution is 5.82. The molecule has 1 saturated heterocycles. The van der Waals surface area contributed by atoms with Crippen molar-refractivity contribution in [2.75, 3.05) is 6.54 Å². The van der Waals surface area contributed by atoms with Gasteiger partial charge >= 0.3 is 0 Å². The van der Waals surface area contributed by atoms with Gasteiger partial charge in [-0.15, -0.1) is 0 Å². The molecule has 1 amide bonds. The minimum absolute atomic E-state index is 0.122. The Balaban J connectivity index is 1.78. The highest BCUT2D eigenvalue weighted by Gasteiger charge is 2.27. The van der Waals surface area contributed by atoms with Gasteiger partial charge in [-0.2, -0.15) is 0 Å². The maximum absolute atomic E-state index is 11.5. The molecular formula is C9H13N3O3. The van der Waals surface area contributed by atoms with E-state index in [0.717, 1.165) is 0 Å². The van der Waals surface area contributed by atoms with Gasteiger partial charge in [0.05, 0.1) is 24.9 Å². The summed E-state index contributed by atoms with van der Waals surface area (Å²) >= 11 is 0. The van der Waals surface area contributed by atoms with E-state index < -0.39 is 6.10 Å². The Kier molecular flexibility index (Phi) is 2.98. The highest BCUT2D eigenvalue weighted by Crippen LogP contribution is 2.06. The van der Waals surface area contributed by atoms with Crippen molar-refractivity contribution < 1.29 is 14.4 Å². The van der Waals surface area contributed by atoms with Crippen molar-refractivity contribution in [1.82, 2.24) is 15.8 Å². The molecule has 15 heavy (non-hydrogen) atoms. The Hall–Kier alpha value is -1.40. The smallest absolute Gasteiger partial charge is 0.237 e. The van der Waals surface area contributed by atoms with Crippen LogP contribution in [0.5, 0.6) is 0 Å². The average molecular weight is 211 g/mol. The number of carbonyl (C=O) groups is 1. The van der Waals surface area contributed by atoms with Gasteiger partial charge in [0.15, 0.2) is 5.76 Å². The van der Waals surface area contributed by atoms with Gasteiger partial charge in [-0.25, -0.2) is 0 Å². The molecule has 0 aromatic carbocycles. The summed E-state index contributed by atoms with van der Waals surface area (Å²) < 4.78 is 4.83. The number of aliphatic hydroxyl groups is 1. The Morgan fingerprint density at radius 1 is 1.80 bits per heavy atom. The number of rotatable bonds is 3. The van der Waals surface area contributed by atoms with Crippen LogP contribution in [0.1, 0.15) is 12.2 Å². The number of hydrogen-bond donors (Lipinski definition) is 3. The first-order valence-electron chi connectivity index (χ1n) is 4.84. The molecule has 2 heterocycles. The molecule has 0 radical (unpaired) electrons. The third kappa shape index (κ3) is 2.54. The van der Waals surface area contributed by atoms with Crippen LogP contribution in [0.15, 0.2) is 16.8 Å². The first-order valence-corrected chi connectivity index (χ1v) is 4.84. The van der Waals surface area contributed by atoms with Crippen LogP contribution < -0.4 is 10.6 Å². The molecule has 6 heteroatoms. The van der Waals surface area contributed by atoms with Gasteiger partial charge in [0.25, 0.3) is 0 Å². The van der Waals surface area contributed by atoms with Crippen LogP contribution in [-0.4, -0.2) is 34.9 Å².